The molecule has 0 spiro atoms. The number of hydrogen-bond donors (Lipinski definition) is 6. The topological polar surface area (TPSA) is 184 Å². The summed E-state index contributed by atoms with van der Waals surface area (Å²) in [5, 5.41) is 10.6. The lowest BCUT2D eigenvalue weighted by Gasteiger charge is -2.16. The lowest BCUT2D eigenvalue weighted by atomic mass is 10.1. The predicted octanol–water partition coefficient (Wildman–Crippen LogP) is 2.79. The molecule has 8 N–H and O–H groups in total. The van der Waals surface area contributed by atoms with Crippen LogP contribution in [0.25, 0.3) is 17.3 Å². The first-order valence-corrected chi connectivity index (χ1v) is 13.3. The fourth-order valence-electron chi connectivity index (χ4n) is 3.88. The van der Waals surface area contributed by atoms with Gasteiger partial charge in [-0.1, -0.05) is 23.8 Å². The van der Waals surface area contributed by atoms with Gasteiger partial charge in [0.2, 0.25) is 12.3 Å². The van der Waals surface area contributed by atoms with E-state index in [9.17, 15) is 13.8 Å². The smallest absolute Gasteiger partial charge is 0.244 e. The number of aromatic nitrogens is 2. The Hall–Kier alpha value is -4.46. The number of H-pyrrole nitrogens is 1. The van der Waals surface area contributed by atoms with Crippen LogP contribution in [0.5, 0.6) is 0 Å². The monoisotopic (exact) mass is 567 g/mol. The molecule has 2 bridgehead atoms. The first kappa shape index (κ1) is 27.6. The highest BCUT2D eigenvalue weighted by atomic mass is 35.5. The third kappa shape index (κ3) is 7.10. The Morgan fingerprint density at radius 1 is 1.26 bits per heavy atom. The van der Waals surface area contributed by atoms with Crippen LogP contribution in [-0.2, 0) is 20.6 Å². The zero-order valence-electron chi connectivity index (χ0n) is 20.5. The fourth-order valence-corrected chi connectivity index (χ4v) is 4.87. The predicted molar refractivity (Wildman–Crippen MR) is 155 cm³/mol. The number of nitrogens with two attached hydrogens (primary N) is 2. The number of carbonyl (C=O) groups is 2. The summed E-state index contributed by atoms with van der Waals surface area (Å²) < 4.78 is 15.6. The summed E-state index contributed by atoms with van der Waals surface area (Å²) in [6.45, 7) is 0. The molecule has 2 atom stereocenters. The average Bonchev–Trinajstić information content (AvgIpc) is 3.39. The molecular formula is C25H26ClN9O3S. The molecule has 1 unspecified atom stereocenters. The van der Waals surface area contributed by atoms with Gasteiger partial charge in [-0.05, 0) is 48.9 Å². The lowest BCUT2D eigenvalue weighted by Crippen LogP contribution is -2.30. The summed E-state index contributed by atoms with van der Waals surface area (Å²) in [6.07, 6.45) is 10.4. The van der Waals surface area contributed by atoms with Crippen molar-refractivity contribution in [3.8, 4) is 11.3 Å². The minimum Gasteiger partial charge on any atom is -0.342 e. The molecule has 202 valence electrons. The third-order valence-electron chi connectivity index (χ3n) is 5.66. The first-order chi connectivity index (χ1) is 18.9. The van der Waals surface area contributed by atoms with Crippen molar-refractivity contribution in [3.05, 3.63) is 77.2 Å². The van der Waals surface area contributed by atoms with Crippen molar-refractivity contribution in [3.63, 3.8) is 0 Å². The lowest BCUT2D eigenvalue weighted by molar-refractivity contribution is -0.117. The van der Waals surface area contributed by atoms with Crippen LogP contribution in [0.15, 0.2) is 65.9 Å². The van der Waals surface area contributed by atoms with Gasteiger partial charge in [0.15, 0.2) is 0 Å². The number of anilines is 3. The second-order valence-electron chi connectivity index (χ2n) is 8.30. The fraction of sp³-hybridized carbons (Fsp3) is 0.120. The molecule has 0 aliphatic carbocycles. The van der Waals surface area contributed by atoms with E-state index >= 15 is 0 Å². The molecule has 14 heteroatoms. The normalized spacial score (nSPS) is 17.9. The van der Waals surface area contributed by atoms with Crippen LogP contribution < -0.4 is 32.0 Å². The van der Waals surface area contributed by atoms with Crippen molar-refractivity contribution < 1.29 is 13.8 Å². The van der Waals surface area contributed by atoms with E-state index in [0.717, 1.165) is 0 Å². The maximum atomic E-state index is 12.9. The number of halogens is 1. The Morgan fingerprint density at radius 2 is 2.10 bits per heavy atom. The minimum absolute atomic E-state index is 0.240. The Morgan fingerprint density at radius 3 is 2.90 bits per heavy atom. The van der Waals surface area contributed by atoms with Gasteiger partial charge < -0.3 is 26.2 Å². The molecule has 39 heavy (non-hydrogen) atoms. The van der Waals surface area contributed by atoms with Gasteiger partial charge in [0.05, 0.1) is 35.1 Å². The van der Waals surface area contributed by atoms with Crippen molar-refractivity contribution in [2.75, 3.05) is 20.8 Å². The number of nitrogens with zero attached hydrogens (tertiary/aromatic N) is 3. The standard InChI is InChI=1S/C25H26ClN9O3S/c26-17-5-8-23(35(28)14-31-27)16(11-17)4-9-24(37)32-20-3-1-2-10-39(38)34-21-12-18(30-15-36)6-7-19(21)22-13-29-25(20)33-22/h1-2,4-9,11-15,20,34H,3,10,27-28H2,(H,29,33)(H,30,36)(H,32,37)/b2-1-,9-4+,31-14-/t20-,39?/m0/s1. The molecule has 2 aromatic carbocycles. The molecule has 1 aliphatic rings. The Kier molecular flexibility index (Phi) is 9.10. The van der Waals surface area contributed by atoms with Gasteiger partial charge in [0, 0.05) is 27.9 Å². The highest BCUT2D eigenvalue weighted by Crippen LogP contribution is 2.31. The van der Waals surface area contributed by atoms with Crippen LogP contribution in [0.1, 0.15) is 23.9 Å². The summed E-state index contributed by atoms with van der Waals surface area (Å²) in [5.74, 6) is 11.5. The van der Waals surface area contributed by atoms with E-state index in [4.69, 9.17) is 23.3 Å². The van der Waals surface area contributed by atoms with Crippen molar-refractivity contribution in [2.24, 2.45) is 16.8 Å². The summed E-state index contributed by atoms with van der Waals surface area (Å²) in [4.78, 5) is 31.5. The first-order valence-electron chi connectivity index (χ1n) is 11.6. The molecule has 3 aromatic rings. The van der Waals surface area contributed by atoms with Gasteiger partial charge in [-0.15, -0.1) is 0 Å². The summed E-state index contributed by atoms with van der Waals surface area (Å²) in [5.41, 5.74) is 3.56. The van der Waals surface area contributed by atoms with Crippen LogP contribution >= 0.6 is 11.6 Å². The molecule has 0 saturated heterocycles. The zero-order valence-corrected chi connectivity index (χ0v) is 22.1. The van der Waals surface area contributed by atoms with Crippen LogP contribution in [0.3, 0.4) is 0 Å². The van der Waals surface area contributed by atoms with Gasteiger partial charge >= 0.3 is 0 Å². The largest absolute Gasteiger partial charge is 0.342 e. The number of hydrazine groups is 1. The molecule has 12 nitrogen and oxygen atoms in total. The Bertz CT molecular complexity index is 1470. The van der Waals surface area contributed by atoms with E-state index in [1.54, 1.807) is 54.7 Å². The zero-order chi connectivity index (χ0) is 27.8. The highest BCUT2D eigenvalue weighted by molar-refractivity contribution is 7.86. The van der Waals surface area contributed by atoms with Gasteiger partial charge in [0.1, 0.15) is 23.1 Å². The van der Waals surface area contributed by atoms with E-state index in [2.05, 4.69) is 30.4 Å². The molecule has 2 amide bonds. The molecule has 4 rings (SSSR count). The molecule has 1 aromatic heterocycles. The molecule has 0 saturated carbocycles. The Labute approximate surface area is 231 Å². The van der Waals surface area contributed by atoms with Crippen LogP contribution in [-0.4, -0.2) is 38.6 Å². The second kappa shape index (κ2) is 12.9. The van der Waals surface area contributed by atoms with E-state index in [1.165, 1.54) is 17.4 Å². The number of aromatic amines is 1. The van der Waals surface area contributed by atoms with Crippen LogP contribution in [0.4, 0.5) is 17.1 Å². The van der Waals surface area contributed by atoms with E-state index in [1.807, 2.05) is 6.08 Å². The number of nitrogens with one attached hydrogen (secondary N) is 4. The molecule has 0 radical (unpaired) electrons. The molecule has 2 heterocycles. The SMILES string of the molecule is N/N=C\N(N)c1ccc(Cl)cc1/C=C/C(=O)N[C@H]1C/C=C\CS(=O)Nc2cc(NC=O)ccc2-c2cnc1[nH]2. The number of imidazole rings is 1. The van der Waals surface area contributed by atoms with Crippen LogP contribution in [0, 0.1) is 0 Å². The van der Waals surface area contributed by atoms with E-state index in [-0.39, 0.29) is 11.7 Å². The Balaban J connectivity index is 1.60. The molecule has 0 fully saturated rings. The average molecular weight is 568 g/mol. The van der Waals surface area contributed by atoms with Crippen LogP contribution in [0.2, 0.25) is 5.02 Å². The summed E-state index contributed by atoms with van der Waals surface area (Å²) in [7, 11) is -1.42. The number of amides is 2. The quantitative estimate of drug-likeness (QED) is 0.0482. The number of carbonyl (C=O) groups excluding carboxylic acids is 2. The van der Waals surface area contributed by atoms with Crippen molar-refractivity contribution >= 4 is 64.4 Å². The minimum atomic E-state index is -1.42. The summed E-state index contributed by atoms with van der Waals surface area (Å²) in [6, 6.07) is 9.68. The third-order valence-corrected chi connectivity index (χ3v) is 6.84. The maximum absolute atomic E-state index is 12.9. The van der Waals surface area contributed by atoms with Gasteiger partial charge in [-0.25, -0.2) is 15.0 Å². The number of hydrogen-bond acceptors (Lipinski definition) is 7. The number of rotatable bonds is 7. The number of fused-ring (bicyclic) bond motifs is 4. The highest BCUT2D eigenvalue weighted by Gasteiger charge is 2.19. The van der Waals surface area contributed by atoms with E-state index < -0.39 is 17.0 Å². The van der Waals surface area contributed by atoms with Gasteiger partial charge in [0.25, 0.3) is 0 Å². The second-order valence-corrected chi connectivity index (χ2v) is 9.96. The molecular weight excluding hydrogens is 542 g/mol. The molecule has 1 aliphatic heterocycles. The van der Waals surface area contributed by atoms with Crippen molar-refractivity contribution in [1.82, 2.24) is 15.3 Å². The maximum Gasteiger partial charge on any atom is 0.244 e. The van der Waals surface area contributed by atoms with Gasteiger partial charge in [-0.3, -0.25) is 14.6 Å². The van der Waals surface area contributed by atoms with Crippen molar-refractivity contribution in [2.45, 2.75) is 12.5 Å². The summed E-state index contributed by atoms with van der Waals surface area (Å²) >= 11 is 6.14. The van der Waals surface area contributed by atoms with Crippen molar-refractivity contribution in [1.29, 1.82) is 0 Å². The van der Waals surface area contributed by atoms with E-state index in [0.29, 0.717) is 57.6 Å². The number of hydrazone groups is 1. The van der Waals surface area contributed by atoms with Gasteiger partial charge in [-0.2, -0.15) is 5.10 Å². The number of benzene rings is 2.